The molecule has 1 heterocycles. The number of anilines is 2. The van der Waals surface area contributed by atoms with E-state index in [9.17, 15) is 19.2 Å². The van der Waals surface area contributed by atoms with Crippen LogP contribution in [0.15, 0.2) is 24.3 Å². The molecule has 5 amide bonds. The summed E-state index contributed by atoms with van der Waals surface area (Å²) >= 11 is 0. The minimum atomic E-state index is -0.762. The van der Waals surface area contributed by atoms with Gasteiger partial charge < -0.3 is 16.0 Å². The number of imide groups is 1. The number of nitrogens with zero attached hydrogens (tertiary/aromatic N) is 1. The smallest absolute Gasteiger partial charge is 0.325 e. The summed E-state index contributed by atoms with van der Waals surface area (Å²) in [5.41, 5.74) is 0.472. The van der Waals surface area contributed by atoms with Crippen molar-refractivity contribution in [1.82, 2.24) is 10.2 Å². The Morgan fingerprint density at radius 3 is 2.21 bits per heavy atom. The monoisotopic (exact) mass is 400 g/mol. The summed E-state index contributed by atoms with van der Waals surface area (Å²) in [6, 6.07) is 6.40. The predicted molar refractivity (Wildman–Crippen MR) is 109 cm³/mol. The molecule has 1 aromatic rings. The highest BCUT2D eigenvalue weighted by atomic mass is 16.2. The fourth-order valence-electron chi connectivity index (χ4n) is 3.73. The highest BCUT2D eigenvalue weighted by molar-refractivity contribution is 6.07. The van der Waals surface area contributed by atoms with E-state index in [4.69, 9.17) is 0 Å². The molecule has 0 bridgehead atoms. The van der Waals surface area contributed by atoms with Gasteiger partial charge in [-0.15, -0.1) is 0 Å². The van der Waals surface area contributed by atoms with Crippen LogP contribution >= 0.6 is 0 Å². The van der Waals surface area contributed by atoms with Crippen molar-refractivity contribution in [3.8, 4) is 0 Å². The van der Waals surface area contributed by atoms with Crippen LogP contribution in [0.4, 0.5) is 16.2 Å². The maximum Gasteiger partial charge on any atom is 0.325 e. The Morgan fingerprint density at radius 1 is 1.03 bits per heavy atom. The molecule has 3 rings (SSSR count). The Labute approximate surface area is 170 Å². The molecule has 0 radical (unpaired) electrons. The summed E-state index contributed by atoms with van der Waals surface area (Å²) in [4.78, 5) is 50.1. The van der Waals surface area contributed by atoms with Crippen molar-refractivity contribution in [3.05, 3.63) is 24.3 Å². The van der Waals surface area contributed by atoms with E-state index in [0.29, 0.717) is 24.2 Å². The van der Waals surface area contributed by atoms with Gasteiger partial charge >= 0.3 is 6.03 Å². The largest absolute Gasteiger partial charge is 0.326 e. The Hall–Kier alpha value is -2.90. The molecule has 1 spiro atoms. The van der Waals surface area contributed by atoms with Gasteiger partial charge in [-0.25, -0.2) is 4.79 Å². The highest BCUT2D eigenvalue weighted by Gasteiger charge is 2.51. The zero-order valence-electron chi connectivity index (χ0n) is 16.9. The van der Waals surface area contributed by atoms with Crippen molar-refractivity contribution < 1.29 is 19.2 Å². The lowest BCUT2D eigenvalue weighted by atomic mass is 9.82. The highest BCUT2D eigenvalue weighted by Crippen LogP contribution is 2.33. The molecule has 156 valence electrons. The lowest BCUT2D eigenvalue weighted by Gasteiger charge is -2.30. The standard InChI is InChI=1S/C21H28N4O4/c1-14(2)18(27)23-16-8-6-15(7-9-16)22-17(26)10-13-25-19(28)21(24-20(25)29)11-4-3-5-12-21/h6-9,14H,3-5,10-13H2,1-2H3,(H,22,26)(H,23,27)(H,24,29). The molecule has 1 aliphatic carbocycles. The molecular formula is C21H28N4O4. The molecule has 2 aliphatic rings. The van der Waals surface area contributed by atoms with Gasteiger partial charge in [-0.1, -0.05) is 33.1 Å². The van der Waals surface area contributed by atoms with Crippen molar-refractivity contribution >= 4 is 35.1 Å². The first-order valence-corrected chi connectivity index (χ1v) is 10.2. The maximum atomic E-state index is 12.7. The maximum absolute atomic E-state index is 12.7. The molecule has 0 aromatic heterocycles. The summed E-state index contributed by atoms with van der Waals surface area (Å²) < 4.78 is 0. The first kappa shape index (κ1) is 20.8. The van der Waals surface area contributed by atoms with Gasteiger partial charge in [0.1, 0.15) is 5.54 Å². The fourth-order valence-corrected chi connectivity index (χ4v) is 3.73. The van der Waals surface area contributed by atoms with Crippen LogP contribution in [0, 0.1) is 5.92 Å². The van der Waals surface area contributed by atoms with E-state index in [1.54, 1.807) is 24.3 Å². The summed E-state index contributed by atoms with van der Waals surface area (Å²) in [5.74, 6) is -0.687. The minimum Gasteiger partial charge on any atom is -0.326 e. The number of benzene rings is 1. The number of carbonyl (C=O) groups excluding carboxylic acids is 4. The molecule has 1 aliphatic heterocycles. The molecule has 1 saturated heterocycles. The summed E-state index contributed by atoms with van der Waals surface area (Å²) in [5, 5.41) is 8.37. The molecular weight excluding hydrogens is 372 g/mol. The lowest BCUT2D eigenvalue weighted by Crippen LogP contribution is -2.48. The molecule has 1 aromatic carbocycles. The lowest BCUT2D eigenvalue weighted by molar-refractivity contribution is -0.132. The first-order valence-electron chi connectivity index (χ1n) is 10.2. The quantitative estimate of drug-likeness (QED) is 0.638. The Morgan fingerprint density at radius 2 is 1.62 bits per heavy atom. The molecule has 29 heavy (non-hydrogen) atoms. The average Bonchev–Trinajstić information content (AvgIpc) is 2.91. The third-order valence-corrected chi connectivity index (χ3v) is 5.48. The first-order chi connectivity index (χ1) is 13.8. The van der Waals surface area contributed by atoms with Crippen LogP contribution in [0.25, 0.3) is 0 Å². The number of rotatable bonds is 6. The number of hydrogen-bond donors (Lipinski definition) is 3. The van der Waals surface area contributed by atoms with Crippen LogP contribution in [0.5, 0.6) is 0 Å². The number of amides is 5. The van der Waals surface area contributed by atoms with Crippen molar-refractivity contribution in [2.24, 2.45) is 5.92 Å². The van der Waals surface area contributed by atoms with Crippen molar-refractivity contribution in [3.63, 3.8) is 0 Å². The van der Waals surface area contributed by atoms with Crippen LogP contribution in [0.3, 0.4) is 0 Å². The Balaban J connectivity index is 1.50. The van der Waals surface area contributed by atoms with Gasteiger partial charge in [0.15, 0.2) is 0 Å². The van der Waals surface area contributed by atoms with Crippen LogP contribution < -0.4 is 16.0 Å². The average molecular weight is 400 g/mol. The molecule has 1 saturated carbocycles. The Bertz CT molecular complexity index is 797. The van der Waals surface area contributed by atoms with Gasteiger partial charge in [0.05, 0.1) is 0 Å². The number of hydrogen-bond acceptors (Lipinski definition) is 4. The van der Waals surface area contributed by atoms with Gasteiger partial charge in [0.25, 0.3) is 5.91 Å². The number of urea groups is 1. The normalized spacial score (nSPS) is 18.1. The van der Waals surface area contributed by atoms with E-state index in [0.717, 1.165) is 24.2 Å². The predicted octanol–water partition coefficient (Wildman–Crippen LogP) is 2.86. The van der Waals surface area contributed by atoms with Crippen LogP contribution in [0.2, 0.25) is 0 Å². The zero-order valence-corrected chi connectivity index (χ0v) is 16.9. The van der Waals surface area contributed by atoms with E-state index in [1.807, 2.05) is 13.8 Å². The molecule has 0 atom stereocenters. The summed E-state index contributed by atoms with van der Waals surface area (Å²) in [7, 11) is 0. The van der Waals surface area contributed by atoms with Gasteiger partial charge in [-0.2, -0.15) is 0 Å². The molecule has 0 unspecified atom stereocenters. The van der Waals surface area contributed by atoms with E-state index in [1.165, 1.54) is 0 Å². The van der Waals surface area contributed by atoms with E-state index >= 15 is 0 Å². The second-order valence-electron chi connectivity index (χ2n) is 8.05. The van der Waals surface area contributed by atoms with Gasteiger partial charge in [-0.05, 0) is 37.1 Å². The Kier molecular flexibility index (Phi) is 6.20. The molecule has 8 heteroatoms. The third-order valence-electron chi connectivity index (χ3n) is 5.48. The summed E-state index contributed by atoms with van der Waals surface area (Å²) in [6.45, 7) is 3.68. The van der Waals surface area contributed by atoms with Crippen LogP contribution in [0.1, 0.15) is 52.4 Å². The van der Waals surface area contributed by atoms with Gasteiger partial charge in [0.2, 0.25) is 11.8 Å². The van der Waals surface area contributed by atoms with Crippen LogP contribution in [-0.2, 0) is 14.4 Å². The van der Waals surface area contributed by atoms with Crippen LogP contribution in [-0.4, -0.2) is 40.7 Å². The second-order valence-corrected chi connectivity index (χ2v) is 8.05. The van der Waals surface area contributed by atoms with Crippen molar-refractivity contribution in [2.45, 2.75) is 57.9 Å². The topological polar surface area (TPSA) is 108 Å². The second kappa shape index (κ2) is 8.63. The van der Waals surface area contributed by atoms with Gasteiger partial charge in [-0.3, -0.25) is 19.3 Å². The van der Waals surface area contributed by atoms with Crippen molar-refractivity contribution in [1.29, 1.82) is 0 Å². The van der Waals surface area contributed by atoms with Crippen molar-refractivity contribution in [2.75, 3.05) is 17.2 Å². The molecule has 2 fully saturated rings. The number of nitrogens with one attached hydrogen (secondary N) is 3. The molecule has 3 N–H and O–H groups in total. The van der Waals surface area contributed by atoms with E-state index in [-0.39, 0.29) is 36.6 Å². The molecule has 8 nitrogen and oxygen atoms in total. The summed E-state index contributed by atoms with van der Waals surface area (Å²) in [6.07, 6.45) is 4.29. The van der Waals surface area contributed by atoms with Gasteiger partial charge in [0, 0.05) is 30.3 Å². The zero-order chi connectivity index (χ0) is 21.0. The number of carbonyl (C=O) groups is 4. The van der Waals surface area contributed by atoms with E-state index in [2.05, 4.69) is 16.0 Å². The third kappa shape index (κ3) is 4.75. The SMILES string of the molecule is CC(C)C(=O)Nc1ccc(NC(=O)CCN2C(=O)NC3(CCCCC3)C2=O)cc1. The minimum absolute atomic E-state index is 0.0288. The van der Waals surface area contributed by atoms with E-state index < -0.39 is 11.6 Å². The fraction of sp³-hybridized carbons (Fsp3) is 0.524.